The van der Waals surface area contributed by atoms with Gasteiger partial charge in [-0.1, -0.05) is 0 Å². The predicted molar refractivity (Wildman–Crippen MR) is 69.4 cm³/mol. The summed E-state index contributed by atoms with van der Waals surface area (Å²) in [5.41, 5.74) is -7.38. The number of ether oxygens (including phenoxy) is 1. The standard InChI is InChI=1S/C12H7F3O7S/c1-20-11(17)7-4-6-2-3-10(16)21-8(6)5-9(7)22-23(18,19)12(13,14)15/h2-5H,1H3. The smallest absolute Gasteiger partial charge is 0.465 e. The number of hydrogen-bond donors (Lipinski definition) is 0. The van der Waals surface area contributed by atoms with E-state index in [9.17, 15) is 31.2 Å². The van der Waals surface area contributed by atoms with Gasteiger partial charge in [0.2, 0.25) is 0 Å². The molecule has 0 aliphatic rings. The molecule has 11 heteroatoms. The van der Waals surface area contributed by atoms with Gasteiger partial charge < -0.3 is 13.3 Å². The number of benzene rings is 1. The van der Waals surface area contributed by atoms with Crippen molar-refractivity contribution in [2.75, 3.05) is 7.11 Å². The molecule has 1 aromatic heterocycles. The van der Waals surface area contributed by atoms with Crippen molar-refractivity contribution >= 4 is 27.1 Å². The molecule has 0 aliphatic heterocycles. The molecule has 0 amide bonds. The van der Waals surface area contributed by atoms with Crippen molar-refractivity contribution in [3.05, 3.63) is 40.2 Å². The second-order valence-corrected chi connectivity index (χ2v) is 5.65. The quantitative estimate of drug-likeness (QED) is 0.359. The molecule has 23 heavy (non-hydrogen) atoms. The summed E-state index contributed by atoms with van der Waals surface area (Å²) in [4.78, 5) is 22.7. The largest absolute Gasteiger partial charge is 0.534 e. The molecule has 0 N–H and O–H groups in total. The molecule has 2 aromatic rings. The maximum Gasteiger partial charge on any atom is 0.534 e. The number of halogens is 3. The van der Waals surface area contributed by atoms with Crippen LogP contribution in [0.5, 0.6) is 5.75 Å². The number of alkyl halides is 3. The Morgan fingerprint density at radius 3 is 2.43 bits per heavy atom. The van der Waals surface area contributed by atoms with Crippen molar-refractivity contribution in [3.63, 3.8) is 0 Å². The number of fused-ring (bicyclic) bond motifs is 1. The second-order valence-electron chi connectivity index (χ2n) is 4.12. The summed E-state index contributed by atoms with van der Waals surface area (Å²) < 4.78 is 72.4. The first kappa shape index (κ1) is 16.8. The Morgan fingerprint density at radius 2 is 1.87 bits per heavy atom. The first-order chi connectivity index (χ1) is 10.5. The Balaban J connectivity index is 2.69. The van der Waals surface area contributed by atoms with Gasteiger partial charge in [-0.05, 0) is 12.1 Å². The van der Waals surface area contributed by atoms with Crippen molar-refractivity contribution in [2.24, 2.45) is 0 Å². The number of methoxy groups -OCH3 is 1. The highest BCUT2D eigenvalue weighted by molar-refractivity contribution is 7.88. The Morgan fingerprint density at radius 1 is 1.22 bits per heavy atom. The van der Waals surface area contributed by atoms with Crippen LogP contribution in [0.2, 0.25) is 0 Å². The van der Waals surface area contributed by atoms with E-state index in [0.717, 1.165) is 19.2 Å². The van der Waals surface area contributed by atoms with E-state index in [-0.39, 0.29) is 11.0 Å². The molecule has 0 atom stereocenters. The summed E-state index contributed by atoms with van der Waals surface area (Å²) in [5, 5.41) is 0.154. The number of carbonyl (C=O) groups excluding carboxylic acids is 1. The van der Waals surface area contributed by atoms with Gasteiger partial charge in [-0.25, -0.2) is 9.59 Å². The normalized spacial score (nSPS) is 12.2. The van der Waals surface area contributed by atoms with E-state index in [1.165, 1.54) is 6.07 Å². The third-order valence-corrected chi connectivity index (χ3v) is 3.58. The third-order valence-electron chi connectivity index (χ3n) is 2.61. The molecule has 0 aliphatic carbocycles. The molecule has 0 spiro atoms. The zero-order chi connectivity index (χ0) is 17.4. The molecule has 1 aromatic carbocycles. The highest BCUT2D eigenvalue weighted by Gasteiger charge is 2.49. The number of hydrogen-bond acceptors (Lipinski definition) is 7. The van der Waals surface area contributed by atoms with Crippen molar-refractivity contribution in [3.8, 4) is 5.75 Å². The first-order valence-corrected chi connectivity index (χ1v) is 7.13. The summed E-state index contributed by atoms with van der Waals surface area (Å²) in [5.74, 6) is -2.11. The van der Waals surface area contributed by atoms with Gasteiger partial charge in [-0.15, -0.1) is 0 Å². The minimum atomic E-state index is -6.02. The summed E-state index contributed by atoms with van der Waals surface area (Å²) in [6.45, 7) is 0. The maximum absolute atomic E-state index is 12.4. The lowest BCUT2D eigenvalue weighted by atomic mass is 10.1. The van der Waals surface area contributed by atoms with Gasteiger partial charge in [0.25, 0.3) is 0 Å². The van der Waals surface area contributed by atoms with Crippen molar-refractivity contribution in [2.45, 2.75) is 5.51 Å². The SMILES string of the molecule is COC(=O)c1cc2ccc(=O)oc2cc1OS(=O)(=O)C(F)(F)F. The van der Waals surface area contributed by atoms with Gasteiger partial charge in [-0.3, -0.25) is 0 Å². The zero-order valence-corrected chi connectivity index (χ0v) is 12.0. The molecule has 0 saturated heterocycles. The van der Waals surface area contributed by atoms with Gasteiger partial charge in [0.1, 0.15) is 11.1 Å². The molecular weight excluding hydrogens is 345 g/mol. The van der Waals surface area contributed by atoms with Crippen LogP contribution in [0.3, 0.4) is 0 Å². The molecule has 0 bridgehead atoms. The van der Waals surface area contributed by atoms with E-state index in [1.54, 1.807) is 0 Å². The van der Waals surface area contributed by atoms with Gasteiger partial charge in [0, 0.05) is 17.5 Å². The lowest BCUT2D eigenvalue weighted by Crippen LogP contribution is -2.28. The number of rotatable bonds is 3. The van der Waals surface area contributed by atoms with Crippen molar-refractivity contribution in [1.29, 1.82) is 0 Å². The Kier molecular flexibility index (Phi) is 4.07. The lowest BCUT2D eigenvalue weighted by Gasteiger charge is -2.12. The van der Waals surface area contributed by atoms with Crippen LogP contribution >= 0.6 is 0 Å². The van der Waals surface area contributed by atoms with Crippen LogP contribution in [0, 0.1) is 0 Å². The fourth-order valence-electron chi connectivity index (χ4n) is 1.60. The van der Waals surface area contributed by atoms with Gasteiger partial charge in [0.05, 0.1) is 7.11 Å². The Bertz CT molecular complexity index is 928. The predicted octanol–water partition coefficient (Wildman–Crippen LogP) is 1.81. The zero-order valence-electron chi connectivity index (χ0n) is 11.2. The van der Waals surface area contributed by atoms with Crippen LogP contribution < -0.4 is 9.81 Å². The fourth-order valence-corrected chi connectivity index (χ4v) is 2.07. The van der Waals surface area contributed by atoms with Crippen LogP contribution in [0.1, 0.15) is 10.4 Å². The summed E-state index contributed by atoms with van der Waals surface area (Å²) in [6.07, 6.45) is 0. The molecule has 2 rings (SSSR count). The van der Waals surface area contributed by atoms with Crippen molar-refractivity contribution < 1.29 is 39.7 Å². The minimum Gasteiger partial charge on any atom is -0.465 e. The summed E-state index contributed by atoms with van der Waals surface area (Å²) in [6, 6.07) is 3.91. The lowest BCUT2D eigenvalue weighted by molar-refractivity contribution is -0.0500. The van der Waals surface area contributed by atoms with Gasteiger partial charge >= 0.3 is 27.2 Å². The molecule has 0 saturated carbocycles. The molecule has 124 valence electrons. The molecule has 0 unspecified atom stereocenters. The van der Waals surface area contributed by atoms with E-state index in [4.69, 9.17) is 4.42 Å². The van der Waals surface area contributed by atoms with Crippen LogP contribution in [-0.2, 0) is 14.9 Å². The van der Waals surface area contributed by atoms with Crippen LogP contribution in [0.15, 0.2) is 33.5 Å². The minimum absolute atomic E-state index is 0.154. The molecule has 0 fully saturated rings. The Labute approximate surface area is 126 Å². The summed E-state index contributed by atoms with van der Waals surface area (Å²) in [7, 11) is -5.08. The average Bonchev–Trinajstić information content (AvgIpc) is 2.44. The second kappa shape index (κ2) is 5.57. The van der Waals surface area contributed by atoms with Crippen molar-refractivity contribution in [1.82, 2.24) is 0 Å². The Hall–Kier alpha value is -2.56. The molecule has 0 radical (unpaired) electrons. The average molecular weight is 352 g/mol. The monoisotopic (exact) mass is 352 g/mol. The molecule has 7 nitrogen and oxygen atoms in total. The maximum atomic E-state index is 12.4. The van der Waals surface area contributed by atoms with Crippen LogP contribution in [0.4, 0.5) is 13.2 Å². The topological polar surface area (TPSA) is 99.9 Å². The van der Waals surface area contributed by atoms with E-state index in [1.807, 2.05) is 0 Å². The fraction of sp³-hybridized carbons (Fsp3) is 0.167. The number of esters is 1. The van der Waals surface area contributed by atoms with E-state index >= 15 is 0 Å². The highest BCUT2D eigenvalue weighted by Crippen LogP contribution is 2.31. The van der Waals surface area contributed by atoms with E-state index in [0.29, 0.717) is 6.07 Å². The van der Waals surface area contributed by atoms with Gasteiger partial charge in [0.15, 0.2) is 5.75 Å². The number of carbonyl (C=O) groups is 1. The first-order valence-electron chi connectivity index (χ1n) is 5.72. The van der Waals surface area contributed by atoms with E-state index in [2.05, 4.69) is 8.92 Å². The van der Waals surface area contributed by atoms with Crippen LogP contribution in [0.25, 0.3) is 11.0 Å². The third kappa shape index (κ3) is 3.28. The van der Waals surface area contributed by atoms with E-state index < -0.39 is 38.5 Å². The van der Waals surface area contributed by atoms with Gasteiger partial charge in [-0.2, -0.15) is 21.6 Å². The highest BCUT2D eigenvalue weighted by atomic mass is 32.2. The molecular formula is C12H7F3O7S. The molecule has 1 heterocycles. The summed E-state index contributed by atoms with van der Waals surface area (Å²) >= 11 is 0. The van der Waals surface area contributed by atoms with Crippen LogP contribution in [-0.4, -0.2) is 27.0 Å².